The number of carbonyl (C=O) groups is 1. The van der Waals surface area contributed by atoms with Gasteiger partial charge in [0, 0.05) is 45.0 Å². The smallest absolute Gasteiger partial charge is 0.270 e. The molecule has 2 aromatic heterocycles. The normalized spacial score (nSPS) is 14.0. The Morgan fingerprint density at radius 2 is 1.57 bits per heavy atom. The highest BCUT2D eigenvalue weighted by Crippen LogP contribution is 2.17. The summed E-state index contributed by atoms with van der Waals surface area (Å²) in [6.45, 7) is 3.83. The Morgan fingerprint density at radius 3 is 2.29 bits per heavy atom. The molecule has 1 N–H and O–H groups in total. The van der Waals surface area contributed by atoms with Gasteiger partial charge in [0.05, 0.1) is 0 Å². The van der Waals surface area contributed by atoms with Crippen molar-refractivity contribution < 1.29 is 4.79 Å². The minimum atomic E-state index is -0.195. The molecule has 0 atom stereocenters. The molecule has 1 aliphatic heterocycles. The highest BCUT2D eigenvalue weighted by Gasteiger charge is 2.20. The van der Waals surface area contributed by atoms with Gasteiger partial charge in [0.15, 0.2) is 0 Å². The van der Waals surface area contributed by atoms with Crippen molar-refractivity contribution in [1.29, 1.82) is 0 Å². The molecule has 0 saturated carbocycles. The number of rotatable bonds is 5. The Hall–Kier alpha value is -3.48. The summed E-state index contributed by atoms with van der Waals surface area (Å²) >= 11 is 0. The van der Waals surface area contributed by atoms with Crippen LogP contribution in [0.25, 0.3) is 0 Å². The molecule has 4 rings (SSSR count). The average Bonchev–Trinajstić information content (AvgIpc) is 2.79. The van der Waals surface area contributed by atoms with Gasteiger partial charge in [-0.1, -0.05) is 36.4 Å². The second kappa shape index (κ2) is 8.47. The maximum absolute atomic E-state index is 12.5. The molecular formula is C21H22N6O. The van der Waals surface area contributed by atoms with Crippen LogP contribution >= 0.6 is 0 Å². The maximum Gasteiger partial charge on any atom is 0.270 e. The second-order valence-electron chi connectivity index (χ2n) is 6.59. The summed E-state index contributed by atoms with van der Waals surface area (Å²) in [5.41, 5.74) is 1.43. The largest absolute Gasteiger partial charge is 0.353 e. The summed E-state index contributed by atoms with van der Waals surface area (Å²) in [5, 5.41) is 2.91. The van der Waals surface area contributed by atoms with Crippen LogP contribution in [0.1, 0.15) is 16.1 Å². The van der Waals surface area contributed by atoms with Crippen LogP contribution < -0.4 is 15.1 Å². The van der Waals surface area contributed by atoms with Gasteiger partial charge < -0.3 is 15.1 Å². The molecule has 0 bridgehead atoms. The van der Waals surface area contributed by atoms with E-state index in [4.69, 9.17) is 0 Å². The number of amides is 1. The summed E-state index contributed by atoms with van der Waals surface area (Å²) in [4.78, 5) is 29.8. The lowest BCUT2D eigenvalue weighted by molar-refractivity contribution is 0.0945. The van der Waals surface area contributed by atoms with E-state index in [1.165, 1.54) is 6.33 Å². The van der Waals surface area contributed by atoms with Crippen molar-refractivity contribution in [3.8, 4) is 0 Å². The zero-order valence-electron chi connectivity index (χ0n) is 15.5. The van der Waals surface area contributed by atoms with E-state index >= 15 is 0 Å². The van der Waals surface area contributed by atoms with Crippen LogP contribution in [0.3, 0.4) is 0 Å². The van der Waals surface area contributed by atoms with Gasteiger partial charge in [-0.25, -0.2) is 15.0 Å². The Morgan fingerprint density at radius 1 is 0.857 bits per heavy atom. The predicted octanol–water partition coefficient (Wildman–Crippen LogP) is 2.13. The SMILES string of the molecule is O=C(NCc1ccccc1)c1cc(N2CCN(c3ccccn3)CC2)ncn1. The number of hydrogen-bond acceptors (Lipinski definition) is 6. The lowest BCUT2D eigenvalue weighted by Crippen LogP contribution is -2.47. The zero-order chi connectivity index (χ0) is 19.2. The first-order valence-electron chi connectivity index (χ1n) is 9.35. The fraction of sp³-hybridized carbons (Fsp3) is 0.238. The first-order valence-corrected chi connectivity index (χ1v) is 9.35. The topological polar surface area (TPSA) is 74.2 Å². The van der Waals surface area contributed by atoms with E-state index in [0.717, 1.165) is 43.4 Å². The van der Waals surface area contributed by atoms with Gasteiger partial charge in [-0.05, 0) is 17.7 Å². The summed E-state index contributed by atoms with van der Waals surface area (Å²) in [7, 11) is 0. The molecule has 0 radical (unpaired) electrons. The molecule has 28 heavy (non-hydrogen) atoms. The molecule has 1 aliphatic rings. The van der Waals surface area contributed by atoms with Gasteiger partial charge in [0.2, 0.25) is 0 Å². The molecule has 7 heteroatoms. The fourth-order valence-electron chi connectivity index (χ4n) is 3.22. The first kappa shape index (κ1) is 17.9. The molecule has 142 valence electrons. The molecule has 1 amide bonds. The number of piperazine rings is 1. The van der Waals surface area contributed by atoms with Crippen LogP contribution in [0.15, 0.2) is 67.1 Å². The van der Waals surface area contributed by atoms with E-state index in [1.54, 1.807) is 6.07 Å². The van der Waals surface area contributed by atoms with Gasteiger partial charge in [-0.2, -0.15) is 0 Å². The molecule has 1 aromatic carbocycles. The quantitative estimate of drug-likeness (QED) is 0.737. The zero-order valence-corrected chi connectivity index (χ0v) is 15.5. The Bertz CT molecular complexity index is 910. The van der Waals surface area contributed by atoms with E-state index in [-0.39, 0.29) is 5.91 Å². The fourth-order valence-corrected chi connectivity index (χ4v) is 3.22. The van der Waals surface area contributed by atoms with E-state index in [9.17, 15) is 4.79 Å². The lowest BCUT2D eigenvalue weighted by atomic mass is 10.2. The summed E-state index contributed by atoms with van der Waals surface area (Å²) in [6, 6.07) is 17.5. The van der Waals surface area contributed by atoms with Crippen molar-refractivity contribution in [2.75, 3.05) is 36.0 Å². The third kappa shape index (κ3) is 4.25. The average molecular weight is 374 g/mol. The lowest BCUT2D eigenvalue weighted by Gasteiger charge is -2.36. The minimum Gasteiger partial charge on any atom is -0.353 e. The molecule has 0 spiro atoms. The number of anilines is 2. The molecule has 0 unspecified atom stereocenters. The highest BCUT2D eigenvalue weighted by atomic mass is 16.1. The second-order valence-corrected chi connectivity index (χ2v) is 6.59. The highest BCUT2D eigenvalue weighted by molar-refractivity contribution is 5.92. The van der Waals surface area contributed by atoms with Crippen molar-refractivity contribution in [2.24, 2.45) is 0 Å². The molecule has 3 heterocycles. The molecule has 1 saturated heterocycles. The van der Waals surface area contributed by atoms with Gasteiger partial charge in [-0.15, -0.1) is 0 Å². The third-order valence-electron chi connectivity index (χ3n) is 4.76. The number of hydrogen-bond donors (Lipinski definition) is 1. The number of nitrogens with zero attached hydrogens (tertiary/aromatic N) is 5. The van der Waals surface area contributed by atoms with Gasteiger partial charge in [0.1, 0.15) is 23.7 Å². The molecule has 0 aliphatic carbocycles. The van der Waals surface area contributed by atoms with Crippen molar-refractivity contribution in [1.82, 2.24) is 20.3 Å². The summed E-state index contributed by atoms with van der Waals surface area (Å²) in [6.07, 6.45) is 3.27. The van der Waals surface area contributed by atoms with E-state index in [0.29, 0.717) is 12.2 Å². The molecule has 7 nitrogen and oxygen atoms in total. The summed E-state index contributed by atoms with van der Waals surface area (Å²) < 4.78 is 0. The van der Waals surface area contributed by atoms with Gasteiger partial charge >= 0.3 is 0 Å². The number of pyridine rings is 1. The third-order valence-corrected chi connectivity index (χ3v) is 4.76. The standard InChI is InChI=1S/C21H22N6O/c28-21(23-15-17-6-2-1-3-7-17)18-14-20(25-16-24-18)27-12-10-26(11-13-27)19-8-4-5-9-22-19/h1-9,14,16H,10-13,15H2,(H,23,28). The van der Waals surface area contributed by atoms with Crippen LogP contribution in [-0.2, 0) is 6.54 Å². The van der Waals surface area contributed by atoms with Crippen molar-refractivity contribution >= 4 is 17.5 Å². The van der Waals surface area contributed by atoms with Crippen molar-refractivity contribution in [2.45, 2.75) is 6.54 Å². The first-order chi connectivity index (χ1) is 13.8. The Labute approximate surface area is 164 Å². The predicted molar refractivity (Wildman–Crippen MR) is 108 cm³/mol. The van der Waals surface area contributed by atoms with E-state index in [1.807, 2.05) is 54.7 Å². The van der Waals surface area contributed by atoms with Gasteiger partial charge in [-0.3, -0.25) is 4.79 Å². The van der Waals surface area contributed by atoms with Crippen molar-refractivity contribution in [3.05, 3.63) is 78.4 Å². The van der Waals surface area contributed by atoms with E-state index in [2.05, 4.69) is 30.1 Å². The van der Waals surface area contributed by atoms with Crippen LogP contribution in [0, 0.1) is 0 Å². The molecular weight excluding hydrogens is 352 g/mol. The van der Waals surface area contributed by atoms with Crippen LogP contribution in [-0.4, -0.2) is 47.0 Å². The number of benzene rings is 1. The van der Waals surface area contributed by atoms with Gasteiger partial charge in [0.25, 0.3) is 5.91 Å². The van der Waals surface area contributed by atoms with Crippen LogP contribution in [0.4, 0.5) is 11.6 Å². The Kier molecular flexibility index (Phi) is 5.42. The van der Waals surface area contributed by atoms with Crippen LogP contribution in [0.2, 0.25) is 0 Å². The summed E-state index contributed by atoms with van der Waals surface area (Å²) in [5.74, 6) is 1.57. The molecule has 1 fully saturated rings. The van der Waals surface area contributed by atoms with E-state index < -0.39 is 0 Å². The number of aromatic nitrogens is 3. The Balaban J connectivity index is 1.37. The number of carbonyl (C=O) groups excluding carboxylic acids is 1. The van der Waals surface area contributed by atoms with Crippen molar-refractivity contribution in [3.63, 3.8) is 0 Å². The van der Waals surface area contributed by atoms with Crippen LogP contribution in [0.5, 0.6) is 0 Å². The maximum atomic E-state index is 12.5. The molecule has 3 aromatic rings. The minimum absolute atomic E-state index is 0.195. The monoisotopic (exact) mass is 374 g/mol. The number of nitrogens with one attached hydrogen (secondary N) is 1.